The lowest BCUT2D eigenvalue weighted by Crippen LogP contribution is -2.17. The zero-order chi connectivity index (χ0) is 22.2. The Kier molecular flexibility index (Phi) is 5.58. The molecule has 0 amide bonds. The number of hydrogen-bond acceptors (Lipinski definition) is 5. The molecule has 0 atom stereocenters. The van der Waals surface area contributed by atoms with Gasteiger partial charge in [-0.1, -0.05) is 41.9 Å². The maximum absolute atomic E-state index is 13.3. The maximum atomic E-state index is 13.3. The van der Waals surface area contributed by atoms with Crippen LogP contribution in [0.4, 0.5) is 13.2 Å². The van der Waals surface area contributed by atoms with Gasteiger partial charge in [0, 0.05) is 6.07 Å². The molecule has 0 unspecified atom stereocenters. The van der Waals surface area contributed by atoms with Crippen molar-refractivity contribution >= 4 is 17.6 Å². The van der Waals surface area contributed by atoms with E-state index in [1.54, 1.807) is 0 Å². The van der Waals surface area contributed by atoms with Gasteiger partial charge in [0.2, 0.25) is 0 Å². The molecular formula is C22H16ClF3N2O3. The van der Waals surface area contributed by atoms with Crippen LogP contribution < -0.4 is 9.47 Å². The first-order valence-electron chi connectivity index (χ1n) is 9.43. The normalized spacial score (nSPS) is 13.7. The van der Waals surface area contributed by atoms with Crippen molar-refractivity contribution in [2.75, 3.05) is 0 Å². The molecule has 0 bridgehead atoms. The molecule has 1 saturated carbocycles. The van der Waals surface area contributed by atoms with E-state index in [1.165, 1.54) is 18.2 Å². The van der Waals surface area contributed by atoms with Gasteiger partial charge in [-0.25, -0.2) is 4.79 Å². The van der Waals surface area contributed by atoms with Crippen LogP contribution in [0.1, 0.15) is 45.8 Å². The summed E-state index contributed by atoms with van der Waals surface area (Å²) in [6.07, 6.45) is -2.66. The summed E-state index contributed by atoms with van der Waals surface area (Å²) in [5.41, 5.74) is 0.0752. The number of ether oxygens (including phenoxy) is 2. The summed E-state index contributed by atoms with van der Waals surface area (Å²) >= 11 is 5.88. The number of hydrogen-bond donors (Lipinski definition) is 0. The third-order valence-corrected chi connectivity index (χ3v) is 5.00. The van der Waals surface area contributed by atoms with Gasteiger partial charge in [0.15, 0.2) is 10.9 Å². The Morgan fingerprint density at radius 3 is 2.55 bits per heavy atom. The molecule has 3 aromatic rings. The number of rotatable bonds is 5. The zero-order valence-electron chi connectivity index (χ0n) is 16.2. The molecule has 1 aromatic heterocycles. The molecule has 0 spiro atoms. The van der Waals surface area contributed by atoms with Gasteiger partial charge >= 0.3 is 12.1 Å². The number of para-hydroxylation sites is 1. The van der Waals surface area contributed by atoms with Crippen molar-refractivity contribution in [3.05, 3.63) is 75.9 Å². The SMILES string of the molecule is Cc1cccc(C2CC2)c1Oc1nnc(Cl)cc1OC(=O)c1ccccc1C(F)(F)F. The summed E-state index contributed by atoms with van der Waals surface area (Å²) in [4.78, 5) is 12.6. The molecular weight excluding hydrogens is 433 g/mol. The summed E-state index contributed by atoms with van der Waals surface area (Å²) in [6, 6.07) is 11.2. The summed E-state index contributed by atoms with van der Waals surface area (Å²) < 4.78 is 51.0. The fourth-order valence-electron chi connectivity index (χ4n) is 3.18. The number of benzene rings is 2. The molecule has 1 fully saturated rings. The predicted octanol–water partition coefficient (Wildman–Crippen LogP) is 6.35. The van der Waals surface area contributed by atoms with E-state index >= 15 is 0 Å². The minimum absolute atomic E-state index is 0.105. The summed E-state index contributed by atoms with van der Waals surface area (Å²) in [5, 5.41) is 7.46. The number of nitrogens with zero attached hydrogens (tertiary/aromatic N) is 2. The number of aromatic nitrogens is 2. The number of carbonyl (C=O) groups is 1. The Balaban J connectivity index is 1.68. The highest BCUT2D eigenvalue weighted by Crippen LogP contribution is 2.47. The molecule has 4 rings (SSSR count). The molecule has 0 radical (unpaired) electrons. The molecule has 0 saturated heterocycles. The van der Waals surface area contributed by atoms with E-state index < -0.39 is 23.3 Å². The quantitative estimate of drug-likeness (QED) is 0.426. The first kappa shape index (κ1) is 21.1. The lowest BCUT2D eigenvalue weighted by Gasteiger charge is -2.15. The number of esters is 1. The van der Waals surface area contributed by atoms with Gasteiger partial charge in [0.05, 0.1) is 11.1 Å². The van der Waals surface area contributed by atoms with Crippen LogP contribution in [0.2, 0.25) is 5.15 Å². The second-order valence-electron chi connectivity index (χ2n) is 7.14. The average Bonchev–Trinajstić information content (AvgIpc) is 3.56. The smallest absolute Gasteiger partial charge is 0.417 e. The van der Waals surface area contributed by atoms with Crippen LogP contribution in [0.15, 0.2) is 48.5 Å². The molecule has 1 heterocycles. The van der Waals surface area contributed by atoms with Gasteiger partial charge in [0.25, 0.3) is 5.88 Å². The van der Waals surface area contributed by atoms with Crippen molar-refractivity contribution in [3.63, 3.8) is 0 Å². The van der Waals surface area contributed by atoms with Crippen LogP contribution in [0.3, 0.4) is 0 Å². The number of carbonyl (C=O) groups excluding carboxylic acids is 1. The fraction of sp³-hybridized carbons (Fsp3) is 0.227. The monoisotopic (exact) mass is 448 g/mol. The van der Waals surface area contributed by atoms with Crippen LogP contribution in [0, 0.1) is 6.92 Å². The molecule has 5 nitrogen and oxygen atoms in total. The third-order valence-electron chi connectivity index (χ3n) is 4.81. The average molecular weight is 449 g/mol. The van der Waals surface area contributed by atoms with Gasteiger partial charge in [-0.2, -0.15) is 13.2 Å². The van der Waals surface area contributed by atoms with E-state index in [2.05, 4.69) is 10.2 Å². The van der Waals surface area contributed by atoms with Gasteiger partial charge in [-0.15, -0.1) is 10.2 Å². The van der Waals surface area contributed by atoms with Gasteiger partial charge in [-0.05, 0) is 48.9 Å². The van der Waals surface area contributed by atoms with E-state index in [1.807, 2.05) is 25.1 Å². The lowest BCUT2D eigenvalue weighted by atomic mass is 10.1. The van der Waals surface area contributed by atoms with E-state index in [0.29, 0.717) is 11.7 Å². The van der Waals surface area contributed by atoms with Crippen molar-refractivity contribution in [2.24, 2.45) is 0 Å². The van der Waals surface area contributed by atoms with Crippen molar-refractivity contribution in [1.29, 1.82) is 0 Å². The fourth-order valence-corrected chi connectivity index (χ4v) is 3.31. The van der Waals surface area contributed by atoms with Crippen molar-refractivity contribution < 1.29 is 27.4 Å². The second-order valence-corrected chi connectivity index (χ2v) is 7.53. The maximum Gasteiger partial charge on any atom is 0.417 e. The van der Waals surface area contributed by atoms with Gasteiger partial charge < -0.3 is 9.47 Å². The molecule has 31 heavy (non-hydrogen) atoms. The predicted molar refractivity (Wildman–Crippen MR) is 107 cm³/mol. The van der Waals surface area contributed by atoms with Crippen LogP contribution in [0.25, 0.3) is 0 Å². The van der Waals surface area contributed by atoms with E-state index in [4.69, 9.17) is 21.1 Å². The van der Waals surface area contributed by atoms with Gasteiger partial charge in [-0.3, -0.25) is 0 Å². The Hall–Kier alpha value is -3.13. The Labute approximate surface area is 180 Å². The number of halogens is 4. The third kappa shape index (κ3) is 4.64. The first-order valence-corrected chi connectivity index (χ1v) is 9.81. The Bertz CT molecular complexity index is 1150. The van der Waals surface area contributed by atoms with E-state index in [9.17, 15) is 18.0 Å². The van der Waals surface area contributed by atoms with Crippen molar-refractivity contribution in [3.8, 4) is 17.4 Å². The van der Waals surface area contributed by atoms with E-state index in [-0.39, 0.29) is 16.8 Å². The molecule has 9 heteroatoms. The number of alkyl halides is 3. The lowest BCUT2D eigenvalue weighted by molar-refractivity contribution is -0.138. The topological polar surface area (TPSA) is 61.3 Å². The summed E-state index contributed by atoms with van der Waals surface area (Å²) in [6.45, 7) is 1.86. The Morgan fingerprint density at radius 1 is 1.10 bits per heavy atom. The standard InChI is InChI=1S/C22H16ClF3N2O3/c1-12-5-4-7-14(13-9-10-13)19(12)31-20-17(11-18(23)27-28-20)30-21(29)15-6-2-3-8-16(15)22(24,25)26/h2-8,11,13H,9-10H2,1H3. The van der Waals surface area contributed by atoms with Crippen LogP contribution in [-0.4, -0.2) is 16.2 Å². The molecule has 1 aliphatic carbocycles. The minimum atomic E-state index is -4.72. The molecule has 160 valence electrons. The minimum Gasteiger partial charge on any atom is -0.434 e. The number of aryl methyl sites for hydroxylation is 1. The molecule has 2 aromatic carbocycles. The second kappa shape index (κ2) is 8.19. The van der Waals surface area contributed by atoms with Crippen molar-refractivity contribution in [1.82, 2.24) is 10.2 Å². The highest BCUT2D eigenvalue weighted by Gasteiger charge is 2.36. The summed E-state index contributed by atoms with van der Waals surface area (Å²) in [7, 11) is 0. The molecule has 0 aliphatic heterocycles. The first-order chi connectivity index (χ1) is 14.7. The highest BCUT2D eigenvalue weighted by molar-refractivity contribution is 6.29. The Morgan fingerprint density at radius 2 is 1.84 bits per heavy atom. The summed E-state index contributed by atoms with van der Waals surface area (Å²) in [5.74, 6) is -0.700. The van der Waals surface area contributed by atoms with Crippen LogP contribution in [-0.2, 0) is 6.18 Å². The van der Waals surface area contributed by atoms with Crippen LogP contribution >= 0.6 is 11.6 Å². The molecule has 0 N–H and O–H groups in total. The largest absolute Gasteiger partial charge is 0.434 e. The van der Waals surface area contributed by atoms with Crippen molar-refractivity contribution in [2.45, 2.75) is 31.9 Å². The van der Waals surface area contributed by atoms with Gasteiger partial charge in [0.1, 0.15) is 5.75 Å². The van der Waals surface area contributed by atoms with E-state index in [0.717, 1.165) is 36.1 Å². The zero-order valence-corrected chi connectivity index (χ0v) is 17.0. The molecule has 1 aliphatic rings. The highest BCUT2D eigenvalue weighted by atomic mass is 35.5. The van der Waals surface area contributed by atoms with Crippen LogP contribution in [0.5, 0.6) is 17.4 Å².